The minimum Gasteiger partial charge on any atom is -0.486 e. The summed E-state index contributed by atoms with van der Waals surface area (Å²) in [6.07, 6.45) is 1.78. The molecule has 0 atom stereocenters. The Hall–Kier alpha value is -2.64. The highest BCUT2D eigenvalue weighted by Gasteiger charge is 2.14. The summed E-state index contributed by atoms with van der Waals surface area (Å²) in [7, 11) is 0. The van der Waals surface area contributed by atoms with Crippen molar-refractivity contribution in [2.24, 2.45) is 10.1 Å². The number of nitrogens with zero attached hydrogens (tertiary/aromatic N) is 3. The smallest absolute Gasteiger partial charge is 0.206 e. The molecule has 3 heterocycles. The number of thiophene rings is 1. The molecule has 5 nitrogen and oxygen atoms in total. The normalized spacial score (nSPS) is 14.4. The quantitative estimate of drug-likeness (QED) is 0.473. The molecule has 0 saturated heterocycles. The van der Waals surface area contributed by atoms with Crippen LogP contribution < -0.4 is 14.3 Å². The Balaban J connectivity index is 1.78. The zero-order valence-corrected chi connectivity index (χ0v) is 16.6. The Morgan fingerprint density at radius 2 is 2.07 bits per heavy atom. The molecule has 0 aliphatic carbocycles. The van der Waals surface area contributed by atoms with Crippen LogP contribution >= 0.6 is 22.7 Å². The average molecular weight is 398 g/mol. The summed E-state index contributed by atoms with van der Waals surface area (Å²) < 4.78 is 13.2. The maximum Gasteiger partial charge on any atom is 0.206 e. The van der Waals surface area contributed by atoms with Crippen LogP contribution in [0.25, 0.3) is 10.6 Å². The molecule has 0 unspecified atom stereocenters. The number of fused-ring (bicyclic) bond motifs is 1. The van der Waals surface area contributed by atoms with Gasteiger partial charge in [-0.25, -0.2) is 4.68 Å². The zero-order chi connectivity index (χ0) is 18.6. The molecule has 1 aromatic carbocycles. The van der Waals surface area contributed by atoms with Crippen LogP contribution in [0, 0.1) is 0 Å². The van der Waals surface area contributed by atoms with Gasteiger partial charge in [-0.05, 0) is 36.6 Å². The van der Waals surface area contributed by atoms with E-state index in [1.807, 2.05) is 35.9 Å². The van der Waals surface area contributed by atoms with Crippen molar-refractivity contribution in [1.29, 1.82) is 0 Å². The van der Waals surface area contributed by atoms with Gasteiger partial charge in [0.05, 0.1) is 22.8 Å². The number of hydrogen-bond donors (Lipinski definition) is 0. The predicted octanol–water partition coefficient (Wildman–Crippen LogP) is 4.41. The van der Waals surface area contributed by atoms with Gasteiger partial charge in [0.2, 0.25) is 4.80 Å². The summed E-state index contributed by atoms with van der Waals surface area (Å²) in [5.41, 5.74) is 2.91. The standard InChI is InChI=1S/C20H19N3O2S2/c1-3-8-21-20-23(16(13-27-20)19-5-4-11-26-19)22-14(2)15-6-7-17-18(12-15)25-10-9-24-17/h3-7,11-13H,1,8-10H2,2H3. The van der Waals surface area contributed by atoms with E-state index in [1.165, 1.54) is 0 Å². The molecule has 0 radical (unpaired) electrons. The lowest BCUT2D eigenvalue weighted by Gasteiger charge is -2.18. The number of thiazole rings is 1. The van der Waals surface area contributed by atoms with Gasteiger partial charge in [0.1, 0.15) is 13.2 Å². The summed E-state index contributed by atoms with van der Waals surface area (Å²) >= 11 is 3.26. The minimum atomic E-state index is 0.559. The molecule has 0 fully saturated rings. The summed E-state index contributed by atoms with van der Waals surface area (Å²) in [5.74, 6) is 1.54. The zero-order valence-electron chi connectivity index (χ0n) is 14.9. The van der Waals surface area contributed by atoms with Gasteiger partial charge in [-0.1, -0.05) is 12.1 Å². The van der Waals surface area contributed by atoms with Crippen LogP contribution in [-0.2, 0) is 0 Å². The number of hydrogen-bond acceptors (Lipinski definition) is 6. The van der Waals surface area contributed by atoms with Gasteiger partial charge in [-0.2, -0.15) is 5.10 Å². The lowest BCUT2D eigenvalue weighted by molar-refractivity contribution is 0.171. The van der Waals surface area contributed by atoms with Crippen LogP contribution in [0.15, 0.2) is 63.8 Å². The molecular formula is C20H19N3O2S2. The Bertz CT molecular complexity index is 1050. The molecule has 2 aromatic heterocycles. The van der Waals surface area contributed by atoms with E-state index < -0.39 is 0 Å². The van der Waals surface area contributed by atoms with Gasteiger partial charge in [0, 0.05) is 10.9 Å². The van der Waals surface area contributed by atoms with Gasteiger partial charge in [-0.3, -0.25) is 4.99 Å². The fourth-order valence-corrected chi connectivity index (χ4v) is 4.35. The Morgan fingerprint density at radius 3 is 2.85 bits per heavy atom. The highest BCUT2D eigenvalue weighted by atomic mass is 32.1. The van der Waals surface area contributed by atoms with E-state index in [4.69, 9.17) is 14.6 Å². The predicted molar refractivity (Wildman–Crippen MR) is 111 cm³/mol. The van der Waals surface area contributed by atoms with E-state index in [1.54, 1.807) is 28.7 Å². The second-order valence-corrected chi connectivity index (χ2v) is 7.65. The topological polar surface area (TPSA) is 48.1 Å². The summed E-state index contributed by atoms with van der Waals surface area (Å²) in [4.78, 5) is 6.59. The highest BCUT2D eigenvalue weighted by Crippen LogP contribution is 2.31. The van der Waals surface area contributed by atoms with E-state index in [2.05, 4.69) is 28.4 Å². The van der Waals surface area contributed by atoms with E-state index in [9.17, 15) is 0 Å². The van der Waals surface area contributed by atoms with Gasteiger partial charge >= 0.3 is 0 Å². The maximum absolute atomic E-state index is 5.70. The highest BCUT2D eigenvalue weighted by molar-refractivity contribution is 7.14. The lowest BCUT2D eigenvalue weighted by Crippen LogP contribution is -2.16. The first-order valence-corrected chi connectivity index (χ1v) is 10.3. The third kappa shape index (κ3) is 3.74. The number of rotatable bonds is 5. The summed E-state index contributed by atoms with van der Waals surface area (Å²) in [5, 5.41) is 9.03. The largest absolute Gasteiger partial charge is 0.486 e. The first kappa shape index (κ1) is 17.8. The molecular weight excluding hydrogens is 378 g/mol. The van der Waals surface area contributed by atoms with Gasteiger partial charge in [0.25, 0.3) is 0 Å². The van der Waals surface area contributed by atoms with Crippen molar-refractivity contribution in [3.63, 3.8) is 0 Å². The molecule has 0 amide bonds. The summed E-state index contributed by atoms with van der Waals surface area (Å²) in [6, 6.07) is 10.1. The fraction of sp³-hybridized carbons (Fsp3) is 0.200. The van der Waals surface area contributed by atoms with Crippen LogP contribution in [0.4, 0.5) is 0 Å². The van der Waals surface area contributed by atoms with Crippen LogP contribution in [-0.4, -0.2) is 30.1 Å². The SMILES string of the molecule is C=CCN=c1scc(-c2cccs2)n1N=C(C)c1ccc2c(c1)OCCO2. The number of aromatic nitrogens is 1. The van der Waals surface area contributed by atoms with Crippen LogP contribution in [0.1, 0.15) is 12.5 Å². The van der Waals surface area contributed by atoms with Crippen molar-refractivity contribution in [2.75, 3.05) is 19.8 Å². The molecule has 27 heavy (non-hydrogen) atoms. The van der Waals surface area contributed by atoms with Crippen molar-refractivity contribution in [3.05, 3.63) is 64.1 Å². The maximum atomic E-state index is 5.70. The van der Waals surface area contributed by atoms with E-state index >= 15 is 0 Å². The third-order valence-corrected chi connectivity index (χ3v) is 5.77. The van der Waals surface area contributed by atoms with Crippen LogP contribution in [0.2, 0.25) is 0 Å². The van der Waals surface area contributed by atoms with Crippen LogP contribution in [0.5, 0.6) is 11.5 Å². The average Bonchev–Trinajstić information content (AvgIpc) is 3.36. The molecule has 4 rings (SSSR count). The monoisotopic (exact) mass is 397 g/mol. The molecule has 3 aromatic rings. The molecule has 7 heteroatoms. The van der Waals surface area contributed by atoms with Crippen molar-refractivity contribution in [1.82, 2.24) is 4.68 Å². The molecule has 0 N–H and O–H groups in total. The minimum absolute atomic E-state index is 0.559. The van der Waals surface area contributed by atoms with E-state index in [0.717, 1.165) is 38.1 Å². The fourth-order valence-electron chi connectivity index (χ4n) is 2.72. The van der Waals surface area contributed by atoms with Crippen molar-refractivity contribution in [2.45, 2.75) is 6.92 Å². The lowest BCUT2D eigenvalue weighted by atomic mass is 10.1. The first-order valence-electron chi connectivity index (χ1n) is 8.57. The molecule has 138 valence electrons. The summed E-state index contributed by atoms with van der Waals surface area (Å²) in [6.45, 7) is 7.46. The van der Waals surface area contributed by atoms with Crippen molar-refractivity contribution >= 4 is 28.4 Å². The molecule has 0 spiro atoms. The molecule has 0 bridgehead atoms. The van der Waals surface area contributed by atoms with E-state index in [-0.39, 0.29) is 0 Å². The Kier molecular flexibility index (Phi) is 5.22. The Labute approximate surface area is 165 Å². The Morgan fingerprint density at radius 1 is 1.22 bits per heavy atom. The number of benzene rings is 1. The molecule has 0 saturated carbocycles. The van der Waals surface area contributed by atoms with Gasteiger partial charge in [0.15, 0.2) is 11.5 Å². The van der Waals surface area contributed by atoms with Gasteiger partial charge in [-0.15, -0.1) is 29.3 Å². The third-order valence-electron chi connectivity index (χ3n) is 4.02. The van der Waals surface area contributed by atoms with Crippen molar-refractivity contribution in [3.8, 4) is 22.1 Å². The van der Waals surface area contributed by atoms with Crippen LogP contribution in [0.3, 0.4) is 0 Å². The second kappa shape index (κ2) is 7.94. The molecule has 1 aliphatic heterocycles. The first-order chi connectivity index (χ1) is 13.3. The van der Waals surface area contributed by atoms with Gasteiger partial charge < -0.3 is 9.47 Å². The second-order valence-electron chi connectivity index (χ2n) is 5.87. The number of ether oxygens (including phenoxy) is 2. The molecule has 1 aliphatic rings. The van der Waals surface area contributed by atoms with Crippen molar-refractivity contribution < 1.29 is 9.47 Å². The van der Waals surface area contributed by atoms with E-state index in [0.29, 0.717) is 19.8 Å².